The van der Waals surface area contributed by atoms with Crippen molar-refractivity contribution < 1.29 is 4.52 Å². The van der Waals surface area contributed by atoms with Crippen LogP contribution in [0.2, 0.25) is 0 Å². The van der Waals surface area contributed by atoms with Crippen molar-refractivity contribution in [2.24, 2.45) is 0 Å². The topological polar surface area (TPSA) is 51.0 Å². The van der Waals surface area contributed by atoms with Gasteiger partial charge in [-0.25, -0.2) is 0 Å². The molecule has 0 amide bonds. The summed E-state index contributed by atoms with van der Waals surface area (Å²) in [7, 11) is 0. The van der Waals surface area contributed by atoms with E-state index < -0.39 is 0 Å². The van der Waals surface area contributed by atoms with Gasteiger partial charge in [-0.05, 0) is 18.9 Å². The van der Waals surface area contributed by atoms with Gasteiger partial charge in [-0.2, -0.15) is 4.98 Å². The lowest BCUT2D eigenvalue weighted by molar-refractivity contribution is 0.363. The van der Waals surface area contributed by atoms with Gasteiger partial charge in [0, 0.05) is 12.0 Å². The average Bonchev–Trinajstić information content (AvgIpc) is 3.03. The maximum atomic E-state index is 5.06. The van der Waals surface area contributed by atoms with E-state index in [1.807, 2.05) is 6.92 Å². The van der Waals surface area contributed by atoms with E-state index in [9.17, 15) is 0 Å². The van der Waals surface area contributed by atoms with Crippen molar-refractivity contribution in [1.82, 2.24) is 15.5 Å². The molecule has 5 heteroatoms. The molecule has 1 fully saturated rings. The van der Waals surface area contributed by atoms with Crippen molar-refractivity contribution in [2.45, 2.75) is 31.8 Å². The van der Waals surface area contributed by atoms with E-state index in [1.54, 1.807) is 0 Å². The molecule has 1 aliphatic rings. The van der Waals surface area contributed by atoms with Crippen LogP contribution in [-0.4, -0.2) is 16.2 Å². The molecule has 0 bridgehead atoms. The summed E-state index contributed by atoms with van der Waals surface area (Å²) in [6.07, 6.45) is 1.19. The first kappa shape index (κ1) is 13.1. The van der Waals surface area contributed by atoms with E-state index in [-0.39, 0.29) is 12.4 Å². The highest BCUT2D eigenvalue weighted by molar-refractivity contribution is 5.85. The molecule has 18 heavy (non-hydrogen) atoms. The summed E-state index contributed by atoms with van der Waals surface area (Å²) in [5.74, 6) is 2.00. The van der Waals surface area contributed by atoms with E-state index in [4.69, 9.17) is 4.52 Å². The number of hydrogen-bond acceptors (Lipinski definition) is 4. The molecular formula is C13H16ClN3O. The Morgan fingerprint density at radius 1 is 1.33 bits per heavy atom. The Balaban J connectivity index is 0.00000120. The molecule has 96 valence electrons. The minimum Gasteiger partial charge on any atom is -0.338 e. The molecule has 1 aromatic carbocycles. The molecule has 0 radical (unpaired) electrons. The minimum absolute atomic E-state index is 0. The van der Waals surface area contributed by atoms with Gasteiger partial charge in [-0.1, -0.05) is 35.5 Å². The number of benzene rings is 1. The Hall–Kier alpha value is -1.39. The maximum Gasteiger partial charge on any atom is 0.240 e. The van der Waals surface area contributed by atoms with Gasteiger partial charge < -0.3 is 9.84 Å². The van der Waals surface area contributed by atoms with Crippen LogP contribution < -0.4 is 5.32 Å². The highest BCUT2D eigenvalue weighted by atomic mass is 35.5. The Labute approximate surface area is 112 Å². The summed E-state index contributed by atoms with van der Waals surface area (Å²) in [5, 5.41) is 7.20. The van der Waals surface area contributed by atoms with E-state index in [0.717, 1.165) is 0 Å². The van der Waals surface area contributed by atoms with Crippen LogP contribution in [0.1, 0.15) is 29.6 Å². The molecule has 1 aliphatic carbocycles. The second kappa shape index (κ2) is 5.50. The van der Waals surface area contributed by atoms with Gasteiger partial charge in [0.15, 0.2) is 5.82 Å². The van der Waals surface area contributed by atoms with E-state index in [1.165, 1.54) is 12.0 Å². The molecular weight excluding hydrogens is 250 g/mol. The van der Waals surface area contributed by atoms with Gasteiger partial charge in [0.05, 0.1) is 6.54 Å². The number of nitrogens with zero attached hydrogens (tertiary/aromatic N) is 2. The molecule has 4 nitrogen and oxygen atoms in total. The smallest absolute Gasteiger partial charge is 0.240 e. The van der Waals surface area contributed by atoms with Crippen LogP contribution in [0, 0.1) is 6.92 Å². The lowest BCUT2D eigenvalue weighted by atomic mass is 10.1. The number of rotatable bonds is 4. The monoisotopic (exact) mass is 265 g/mol. The zero-order valence-corrected chi connectivity index (χ0v) is 11.0. The molecule has 2 atom stereocenters. The number of aromatic nitrogens is 2. The summed E-state index contributed by atoms with van der Waals surface area (Å²) >= 11 is 0. The Kier molecular flexibility index (Phi) is 3.99. The van der Waals surface area contributed by atoms with Gasteiger partial charge in [0.2, 0.25) is 5.89 Å². The van der Waals surface area contributed by atoms with Crippen LogP contribution in [-0.2, 0) is 6.54 Å². The first-order valence-corrected chi connectivity index (χ1v) is 5.90. The summed E-state index contributed by atoms with van der Waals surface area (Å²) in [6, 6.07) is 11.1. The van der Waals surface area contributed by atoms with Crippen LogP contribution in [0.15, 0.2) is 34.9 Å². The lowest BCUT2D eigenvalue weighted by Crippen LogP contribution is -2.17. The van der Waals surface area contributed by atoms with Gasteiger partial charge >= 0.3 is 0 Å². The zero-order chi connectivity index (χ0) is 11.7. The quantitative estimate of drug-likeness (QED) is 0.923. The molecule has 0 spiro atoms. The minimum atomic E-state index is 0. The molecule has 3 rings (SSSR count). The summed E-state index contributed by atoms with van der Waals surface area (Å²) in [6.45, 7) is 2.49. The number of halogens is 1. The first-order valence-electron chi connectivity index (χ1n) is 5.90. The second-order valence-electron chi connectivity index (χ2n) is 4.48. The van der Waals surface area contributed by atoms with Crippen LogP contribution in [0.25, 0.3) is 0 Å². The first-order chi connectivity index (χ1) is 8.33. The predicted molar refractivity (Wildman–Crippen MR) is 70.7 cm³/mol. The highest BCUT2D eigenvalue weighted by Gasteiger charge is 2.37. The van der Waals surface area contributed by atoms with Crippen molar-refractivity contribution in [2.75, 3.05) is 0 Å². The molecule has 1 heterocycles. The molecule has 1 aromatic heterocycles. The fraction of sp³-hybridized carbons (Fsp3) is 0.385. The molecule has 1 unspecified atom stereocenters. The predicted octanol–water partition coefficient (Wildman–Crippen LogP) is 2.45. The largest absolute Gasteiger partial charge is 0.338 e. The van der Waals surface area contributed by atoms with E-state index in [0.29, 0.717) is 30.2 Å². The Morgan fingerprint density at radius 3 is 2.78 bits per heavy atom. The Morgan fingerprint density at radius 2 is 2.11 bits per heavy atom. The fourth-order valence-corrected chi connectivity index (χ4v) is 2.12. The van der Waals surface area contributed by atoms with Crippen molar-refractivity contribution in [1.29, 1.82) is 0 Å². The normalized spacial score (nSPS) is 21.4. The second-order valence-corrected chi connectivity index (χ2v) is 4.48. The average molecular weight is 266 g/mol. The van der Waals surface area contributed by atoms with Crippen molar-refractivity contribution in [3.63, 3.8) is 0 Å². The van der Waals surface area contributed by atoms with Crippen LogP contribution >= 0.6 is 12.4 Å². The SMILES string of the molecule is Cc1noc(CN[C@H]2CC2c2ccccc2)n1.Cl. The third kappa shape index (κ3) is 2.89. The van der Waals surface area contributed by atoms with Crippen LogP contribution in [0.5, 0.6) is 0 Å². The summed E-state index contributed by atoms with van der Waals surface area (Å²) in [4.78, 5) is 4.17. The third-order valence-electron chi connectivity index (χ3n) is 3.10. The van der Waals surface area contributed by atoms with Crippen molar-refractivity contribution in [3.05, 3.63) is 47.6 Å². The van der Waals surface area contributed by atoms with Crippen molar-refractivity contribution in [3.8, 4) is 0 Å². The highest BCUT2D eigenvalue weighted by Crippen LogP contribution is 2.40. The number of aryl methyl sites for hydroxylation is 1. The summed E-state index contributed by atoms with van der Waals surface area (Å²) < 4.78 is 5.06. The van der Waals surface area contributed by atoms with Gasteiger partial charge in [-0.15, -0.1) is 12.4 Å². The Bertz CT molecular complexity index is 500. The number of nitrogens with one attached hydrogen (secondary N) is 1. The molecule has 1 saturated carbocycles. The zero-order valence-electron chi connectivity index (χ0n) is 10.2. The lowest BCUT2D eigenvalue weighted by Gasteiger charge is -2.00. The van der Waals surface area contributed by atoms with E-state index in [2.05, 4.69) is 45.8 Å². The molecule has 1 N–H and O–H groups in total. The number of hydrogen-bond donors (Lipinski definition) is 1. The van der Waals surface area contributed by atoms with Crippen molar-refractivity contribution >= 4 is 12.4 Å². The molecule has 0 saturated heterocycles. The summed E-state index contributed by atoms with van der Waals surface area (Å²) in [5.41, 5.74) is 1.41. The molecule has 0 aliphatic heterocycles. The maximum absolute atomic E-state index is 5.06. The van der Waals surface area contributed by atoms with Gasteiger partial charge in [-0.3, -0.25) is 0 Å². The molecule has 2 aromatic rings. The van der Waals surface area contributed by atoms with Crippen LogP contribution in [0.4, 0.5) is 0 Å². The van der Waals surface area contributed by atoms with Crippen LogP contribution in [0.3, 0.4) is 0 Å². The van der Waals surface area contributed by atoms with E-state index >= 15 is 0 Å². The standard InChI is InChI=1S/C13H15N3O.ClH/c1-9-15-13(17-16-9)8-14-12-7-11(12)10-5-3-2-4-6-10;/h2-6,11-12,14H,7-8H2,1H3;1H/t11?,12-;/m0./s1. The van der Waals surface area contributed by atoms with Gasteiger partial charge in [0.25, 0.3) is 0 Å². The van der Waals surface area contributed by atoms with Gasteiger partial charge in [0.1, 0.15) is 0 Å². The third-order valence-corrected chi connectivity index (χ3v) is 3.10. The fourth-order valence-electron chi connectivity index (χ4n) is 2.12.